The van der Waals surface area contributed by atoms with Crippen LogP contribution < -0.4 is 10.1 Å². The molecule has 0 fully saturated rings. The smallest absolute Gasteiger partial charge is 0.265 e. The van der Waals surface area contributed by atoms with Gasteiger partial charge in [0, 0.05) is 16.8 Å². The van der Waals surface area contributed by atoms with Crippen LogP contribution in [0.15, 0.2) is 78.9 Å². The number of rotatable bonds is 4. The van der Waals surface area contributed by atoms with E-state index in [1.54, 1.807) is 37.3 Å². The van der Waals surface area contributed by atoms with E-state index in [0.717, 1.165) is 11.1 Å². The fraction of sp³-hybridized carbons (Fsp3) is 0.0833. The number of hydrogen-bond acceptors (Lipinski definition) is 3. The maximum Gasteiger partial charge on any atom is 0.265 e. The first kappa shape index (κ1) is 18.8. The Hall–Kier alpha value is -4.02. The Labute approximate surface area is 164 Å². The quantitative estimate of drug-likeness (QED) is 0.698. The lowest BCUT2D eigenvalue weighted by Crippen LogP contribution is -2.30. The van der Waals surface area contributed by atoms with E-state index in [2.05, 4.69) is 17.2 Å². The van der Waals surface area contributed by atoms with Gasteiger partial charge in [-0.05, 0) is 61.5 Å². The fourth-order valence-electron chi connectivity index (χ4n) is 2.45. The summed E-state index contributed by atoms with van der Waals surface area (Å²) < 4.78 is 5.63. The van der Waals surface area contributed by atoms with Crippen LogP contribution in [-0.2, 0) is 4.79 Å². The number of ether oxygens (including phenoxy) is 1. The SMILES string of the molecule is CC(Oc1ccc(C#N)cc1)C(=O)Nc1cccc(C#Cc2ccccc2)c1. The van der Waals surface area contributed by atoms with Gasteiger partial charge in [-0.25, -0.2) is 0 Å². The zero-order valence-electron chi connectivity index (χ0n) is 15.3. The minimum Gasteiger partial charge on any atom is -0.481 e. The lowest BCUT2D eigenvalue weighted by Gasteiger charge is -2.15. The number of amides is 1. The maximum atomic E-state index is 12.4. The molecule has 0 bridgehead atoms. The van der Waals surface area contributed by atoms with Gasteiger partial charge < -0.3 is 10.1 Å². The summed E-state index contributed by atoms with van der Waals surface area (Å²) in [5, 5.41) is 11.7. The Morgan fingerprint density at radius 1 is 0.893 bits per heavy atom. The topological polar surface area (TPSA) is 62.1 Å². The minimum atomic E-state index is -0.688. The highest BCUT2D eigenvalue weighted by molar-refractivity contribution is 5.94. The van der Waals surface area contributed by atoms with Crippen molar-refractivity contribution in [2.24, 2.45) is 0 Å². The molecule has 1 atom stereocenters. The molecule has 136 valence electrons. The number of anilines is 1. The molecule has 0 aromatic heterocycles. The normalized spacial score (nSPS) is 10.7. The summed E-state index contributed by atoms with van der Waals surface area (Å²) in [6.07, 6.45) is -0.688. The Kier molecular flexibility index (Phi) is 6.08. The molecule has 4 nitrogen and oxygen atoms in total. The fourth-order valence-corrected chi connectivity index (χ4v) is 2.45. The summed E-state index contributed by atoms with van der Waals surface area (Å²) >= 11 is 0. The van der Waals surface area contributed by atoms with Gasteiger partial charge in [-0.1, -0.05) is 36.1 Å². The van der Waals surface area contributed by atoms with Gasteiger partial charge >= 0.3 is 0 Å². The van der Waals surface area contributed by atoms with Crippen molar-refractivity contribution < 1.29 is 9.53 Å². The Balaban J connectivity index is 1.63. The van der Waals surface area contributed by atoms with Crippen molar-refractivity contribution in [2.45, 2.75) is 13.0 Å². The zero-order chi connectivity index (χ0) is 19.8. The first-order valence-electron chi connectivity index (χ1n) is 8.79. The molecule has 1 N–H and O–H groups in total. The third-order valence-corrected chi connectivity index (χ3v) is 3.92. The van der Waals surface area contributed by atoms with Gasteiger partial charge in [0.2, 0.25) is 0 Å². The van der Waals surface area contributed by atoms with Gasteiger partial charge in [0.15, 0.2) is 6.10 Å². The molecule has 0 spiro atoms. The second-order valence-electron chi connectivity index (χ2n) is 6.08. The van der Waals surface area contributed by atoms with E-state index in [9.17, 15) is 4.79 Å². The van der Waals surface area contributed by atoms with Crippen LogP contribution in [0.1, 0.15) is 23.6 Å². The van der Waals surface area contributed by atoms with Crippen molar-refractivity contribution in [3.63, 3.8) is 0 Å². The molecular formula is C24H18N2O2. The van der Waals surface area contributed by atoms with Crippen molar-refractivity contribution >= 4 is 11.6 Å². The number of nitrogens with one attached hydrogen (secondary N) is 1. The van der Waals surface area contributed by atoms with Gasteiger partial charge in [0.05, 0.1) is 11.6 Å². The van der Waals surface area contributed by atoms with E-state index in [-0.39, 0.29) is 5.91 Å². The molecule has 0 radical (unpaired) electrons. The largest absolute Gasteiger partial charge is 0.481 e. The highest BCUT2D eigenvalue weighted by atomic mass is 16.5. The molecule has 0 heterocycles. The Morgan fingerprint density at radius 3 is 2.29 bits per heavy atom. The van der Waals surface area contributed by atoms with Crippen LogP contribution in [-0.4, -0.2) is 12.0 Å². The predicted molar refractivity (Wildman–Crippen MR) is 109 cm³/mol. The first-order chi connectivity index (χ1) is 13.6. The summed E-state index contributed by atoms with van der Waals surface area (Å²) in [6, 6.07) is 25.8. The van der Waals surface area contributed by atoms with Crippen molar-refractivity contribution in [3.05, 3.63) is 95.6 Å². The molecule has 0 saturated heterocycles. The molecule has 1 unspecified atom stereocenters. The highest BCUT2D eigenvalue weighted by Gasteiger charge is 2.15. The zero-order valence-corrected chi connectivity index (χ0v) is 15.3. The summed E-state index contributed by atoms with van der Waals surface area (Å²) in [7, 11) is 0. The van der Waals surface area contributed by atoms with Crippen molar-refractivity contribution in [3.8, 4) is 23.7 Å². The summed E-state index contributed by atoms with van der Waals surface area (Å²) in [5.74, 6) is 6.46. The van der Waals surface area contributed by atoms with Crippen LogP contribution in [0.3, 0.4) is 0 Å². The number of hydrogen-bond donors (Lipinski definition) is 1. The maximum absolute atomic E-state index is 12.4. The molecule has 3 rings (SSSR count). The molecule has 3 aromatic rings. The molecule has 0 aliphatic heterocycles. The monoisotopic (exact) mass is 366 g/mol. The van der Waals surface area contributed by atoms with Gasteiger partial charge in [0.1, 0.15) is 5.75 Å². The molecule has 4 heteroatoms. The average molecular weight is 366 g/mol. The van der Waals surface area contributed by atoms with Crippen molar-refractivity contribution in [1.82, 2.24) is 0 Å². The van der Waals surface area contributed by atoms with E-state index < -0.39 is 6.10 Å². The Bertz CT molecular complexity index is 1060. The van der Waals surface area contributed by atoms with Gasteiger partial charge in [-0.2, -0.15) is 5.26 Å². The minimum absolute atomic E-state index is 0.266. The number of carbonyl (C=O) groups excluding carboxylic acids is 1. The number of benzene rings is 3. The van der Waals surface area contributed by atoms with E-state index in [1.165, 1.54) is 0 Å². The van der Waals surface area contributed by atoms with E-state index in [0.29, 0.717) is 17.0 Å². The lowest BCUT2D eigenvalue weighted by atomic mass is 10.1. The van der Waals surface area contributed by atoms with Crippen molar-refractivity contribution in [1.29, 1.82) is 5.26 Å². The second kappa shape index (κ2) is 9.07. The van der Waals surface area contributed by atoms with Gasteiger partial charge in [-0.15, -0.1) is 0 Å². The molecule has 1 amide bonds. The highest BCUT2D eigenvalue weighted by Crippen LogP contribution is 2.15. The predicted octanol–water partition coefficient (Wildman–Crippen LogP) is 4.36. The molecule has 28 heavy (non-hydrogen) atoms. The van der Waals surface area contributed by atoms with E-state index in [1.807, 2.05) is 54.6 Å². The van der Waals surface area contributed by atoms with Crippen LogP contribution in [0.2, 0.25) is 0 Å². The van der Waals surface area contributed by atoms with Crippen LogP contribution in [0, 0.1) is 23.2 Å². The van der Waals surface area contributed by atoms with Crippen LogP contribution >= 0.6 is 0 Å². The molecule has 0 aliphatic rings. The molecule has 3 aromatic carbocycles. The summed E-state index contributed by atoms with van der Waals surface area (Å²) in [6.45, 7) is 1.67. The average Bonchev–Trinajstić information content (AvgIpc) is 2.74. The second-order valence-corrected chi connectivity index (χ2v) is 6.08. The van der Waals surface area contributed by atoms with E-state index >= 15 is 0 Å². The van der Waals surface area contributed by atoms with Crippen LogP contribution in [0.25, 0.3) is 0 Å². The number of carbonyl (C=O) groups is 1. The number of nitrogens with zero attached hydrogens (tertiary/aromatic N) is 1. The van der Waals surface area contributed by atoms with E-state index in [4.69, 9.17) is 10.00 Å². The third kappa shape index (κ3) is 5.24. The summed E-state index contributed by atoms with van der Waals surface area (Å²) in [4.78, 5) is 12.4. The van der Waals surface area contributed by atoms with Crippen LogP contribution in [0.4, 0.5) is 5.69 Å². The molecule has 0 saturated carbocycles. The third-order valence-electron chi connectivity index (χ3n) is 3.92. The lowest BCUT2D eigenvalue weighted by molar-refractivity contribution is -0.122. The molecular weight excluding hydrogens is 348 g/mol. The van der Waals surface area contributed by atoms with Gasteiger partial charge in [0.25, 0.3) is 5.91 Å². The number of nitriles is 1. The van der Waals surface area contributed by atoms with Gasteiger partial charge in [-0.3, -0.25) is 4.79 Å². The molecule has 0 aliphatic carbocycles. The Morgan fingerprint density at radius 2 is 1.57 bits per heavy atom. The standard InChI is InChI=1S/C24H18N2O2/c1-18(28-23-14-12-21(17-25)13-15-23)24(27)26-22-9-5-8-20(16-22)11-10-19-6-3-2-4-7-19/h2-9,12-16,18H,1H3,(H,26,27). The first-order valence-corrected chi connectivity index (χ1v) is 8.79. The summed E-state index contributed by atoms with van der Waals surface area (Å²) in [5.41, 5.74) is 2.93. The van der Waals surface area contributed by atoms with Crippen LogP contribution in [0.5, 0.6) is 5.75 Å². The van der Waals surface area contributed by atoms with Crippen molar-refractivity contribution in [2.75, 3.05) is 5.32 Å².